The molecule has 0 saturated carbocycles. The number of urea groups is 1. The van der Waals surface area contributed by atoms with Gasteiger partial charge in [-0.3, -0.25) is 9.69 Å². The number of halogens is 1. The van der Waals surface area contributed by atoms with Gasteiger partial charge in [0.2, 0.25) is 0 Å². The van der Waals surface area contributed by atoms with Crippen molar-refractivity contribution in [3.8, 4) is 28.7 Å². The lowest BCUT2D eigenvalue weighted by molar-refractivity contribution is -0.113. The highest BCUT2D eigenvalue weighted by Gasteiger charge is 2.40. The second-order valence-electron chi connectivity index (χ2n) is 11.2. The summed E-state index contributed by atoms with van der Waals surface area (Å²) in [4.78, 5) is 30.5. The van der Waals surface area contributed by atoms with Crippen molar-refractivity contribution in [2.24, 2.45) is 0 Å². The topological polar surface area (TPSA) is 116 Å². The number of fused-ring (bicyclic) bond motifs is 1. The van der Waals surface area contributed by atoms with Crippen molar-refractivity contribution in [1.29, 1.82) is 0 Å². The normalized spacial score (nSPS) is 15.4. The van der Waals surface area contributed by atoms with E-state index in [1.807, 2.05) is 66.7 Å². The van der Waals surface area contributed by atoms with Crippen LogP contribution in [0.5, 0.6) is 23.0 Å². The van der Waals surface area contributed by atoms with E-state index < -0.39 is 18.0 Å². The SMILES string of the molecule is COc1ccc(CN2C(=O)NC(c3cnn(-c4ccccc4)c3Cl)C(C(=O)Nc3ccc4c(c3)OCCO4)=C2c2ccccc2)c(OC)c1. The van der Waals surface area contributed by atoms with Gasteiger partial charge in [-0.25, -0.2) is 9.48 Å². The second kappa shape index (κ2) is 13.7. The maximum atomic E-state index is 14.7. The van der Waals surface area contributed by atoms with Gasteiger partial charge < -0.3 is 29.6 Å². The number of carbonyl (C=O) groups is 2. The molecule has 3 heterocycles. The first-order valence-corrected chi connectivity index (χ1v) is 15.9. The number of ether oxygens (including phenoxy) is 4. The number of hydrogen-bond donors (Lipinski definition) is 2. The molecule has 1 aromatic heterocycles. The van der Waals surface area contributed by atoms with Crippen LogP contribution in [0.3, 0.4) is 0 Å². The lowest BCUT2D eigenvalue weighted by Gasteiger charge is -2.37. The zero-order valence-electron chi connectivity index (χ0n) is 26.7. The zero-order chi connectivity index (χ0) is 33.9. The van der Waals surface area contributed by atoms with Gasteiger partial charge in [0.25, 0.3) is 5.91 Å². The number of anilines is 1. The smallest absolute Gasteiger partial charge is 0.322 e. The largest absolute Gasteiger partial charge is 0.497 e. The Morgan fingerprint density at radius 2 is 1.67 bits per heavy atom. The summed E-state index contributed by atoms with van der Waals surface area (Å²) in [6.45, 7) is 0.920. The van der Waals surface area contributed by atoms with Crippen LogP contribution in [0.15, 0.2) is 109 Å². The molecule has 0 fully saturated rings. The summed E-state index contributed by atoms with van der Waals surface area (Å²) in [5.41, 5.74) is 3.65. The average Bonchev–Trinajstić information content (AvgIpc) is 3.53. The highest BCUT2D eigenvalue weighted by Crippen LogP contribution is 2.41. The van der Waals surface area contributed by atoms with E-state index in [0.717, 1.165) is 5.69 Å². The summed E-state index contributed by atoms with van der Waals surface area (Å²) in [6.07, 6.45) is 1.57. The number of para-hydroxylation sites is 1. The molecule has 12 heteroatoms. The number of amides is 3. The highest BCUT2D eigenvalue weighted by atomic mass is 35.5. The molecule has 49 heavy (non-hydrogen) atoms. The van der Waals surface area contributed by atoms with Gasteiger partial charge in [0.05, 0.1) is 50.0 Å². The summed E-state index contributed by atoms with van der Waals surface area (Å²) in [5.74, 6) is 1.78. The number of rotatable bonds is 9. The molecule has 4 aromatic carbocycles. The van der Waals surface area contributed by atoms with Gasteiger partial charge in [-0.1, -0.05) is 60.1 Å². The van der Waals surface area contributed by atoms with E-state index in [9.17, 15) is 9.59 Å². The van der Waals surface area contributed by atoms with Crippen molar-refractivity contribution in [3.05, 3.63) is 131 Å². The van der Waals surface area contributed by atoms with Crippen molar-refractivity contribution >= 4 is 34.9 Å². The van der Waals surface area contributed by atoms with Gasteiger partial charge in [0.1, 0.15) is 29.9 Å². The van der Waals surface area contributed by atoms with Crippen molar-refractivity contribution < 1.29 is 28.5 Å². The van der Waals surface area contributed by atoms with Crippen molar-refractivity contribution in [2.75, 3.05) is 32.8 Å². The average molecular weight is 678 g/mol. The standard InChI is InChI=1S/C37H32ClN5O6/c1-46-27-15-13-24(30(20-27)47-2)22-42-34(23-9-5-3-6-10-23)32(36(44)40-25-14-16-29-31(19-25)49-18-17-48-29)33(41-37(42)45)28-21-39-43(35(28)38)26-11-7-4-8-12-26/h3-16,19-21,33H,17-18,22H2,1-2H3,(H,40,44)(H,41,45). The molecule has 248 valence electrons. The number of benzene rings is 4. The lowest BCUT2D eigenvalue weighted by atomic mass is 9.92. The summed E-state index contributed by atoms with van der Waals surface area (Å²) in [5, 5.41) is 10.9. The molecule has 1 unspecified atom stereocenters. The number of nitrogens with zero attached hydrogens (tertiary/aromatic N) is 3. The summed E-state index contributed by atoms with van der Waals surface area (Å²) < 4.78 is 24.1. The van der Waals surface area contributed by atoms with Crippen LogP contribution >= 0.6 is 11.6 Å². The molecule has 0 bridgehead atoms. The molecular formula is C37H32ClN5O6. The van der Waals surface area contributed by atoms with Crippen LogP contribution in [0.4, 0.5) is 10.5 Å². The van der Waals surface area contributed by atoms with Crippen LogP contribution in [-0.2, 0) is 11.3 Å². The molecule has 11 nitrogen and oxygen atoms in total. The number of aromatic nitrogens is 2. The van der Waals surface area contributed by atoms with Gasteiger partial charge in [0, 0.05) is 28.9 Å². The minimum Gasteiger partial charge on any atom is -0.497 e. The van der Waals surface area contributed by atoms with Crippen LogP contribution in [0.2, 0.25) is 5.15 Å². The Kier molecular flexibility index (Phi) is 8.82. The summed E-state index contributed by atoms with van der Waals surface area (Å²) in [7, 11) is 3.12. The maximum absolute atomic E-state index is 14.7. The lowest BCUT2D eigenvalue weighted by Crippen LogP contribution is -2.48. The van der Waals surface area contributed by atoms with Crippen LogP contribution in [0.25, 0.3) is 11.4 Å². The van der Waals surface area contributed by atoms with Crippen molar-refractivity contribution in [3.63, 3.8) is 0 Å². The van der Waals surface area contributed by atoms with E-state index in [0.29, 0.717) is 64.3 Å². The molecular weight excluding hydrogens is 646 g/mol. The Morgan fingerprint density at radius 1 is 0.939 bits per heavy atom. The van der Waals surface area contributed by atoms with Crippen LogP contribution in [0.1, 0.15) is 22.7 Å². The third kappa shape index (κ3) is 6.23. The minimum absolute atomic E-state index is 0.0771. The van der Waals surface area contributed by atoms with Gasteiger partial charge in [0.15, 0.2) is 11.5 Å². The molecule has 1 atom stereocenters. The molecule has 2 aliphatic heterocycles. The zero-order valence-corrected chi connectivity index (χ0v) is 27.4. The molecule has 3 amide bonds. The Morgan fingerprint density at radius 3 is 2.41 bits per heavy atom. The Labute approximate surface area is 287 Å². The van der Waals surface area contributed by atoms with E-state index in [4.69, 9.17) is 30.5 Å². The third-order valence-corrected chi connectivity index (χ3v) is 8.67. The van der Waals surface area contributed by atoms with Gasteiger partial charge >= 0.3 is 6.03 Å². The van der Waals surface area contributed by atoms with Crippen LogP contribution < -0.4 is 29.6 Å². The van der Waals surface area contributed by atoms with Crippen LogP contribution in [-0.4, -0.2) is 54.1 Å². The molecule has 0 saturated heterocycles. The first-order chi connectivity index (χ1) is 23.9. The summed E-state index contributed by atoms with van der Waals surface area (Å²) in [6, 6.07) is 27.8. The van der Waals surface area contributed by atoms with Crippen molar-refractivity contribution in [2.45, 2.75) is 12.6 Å². The van der Waals surface area contributed by atoms with Gasteiger partial charge in [-0.2, -0.15) is 5.10 Å². The number of hydrogen-bond acceptors (Lipinski definition) is 7. The second-order valence-corrected chi connectivity index (χ2v) is 11.6. The first kappa shape index (κ1) is 31.6. The predicted octanol–water partition coefficient (Wildman–Crippen LogP) is 6.63. The van der Waals surface area contributed by atoms with E-state index >= 15 is 0 Å². The highest BCUT2D eigenvalue weighted by molar-refractivity contribution is 6.31. The molecule has 5 aromatic rings. The fourth-order valence-corrected chi connectivity index (χ4v) is 6.25. The molecule has 0 radical (unpaired) electrons. The van der Waals surface area contributed by atoms with Crippen molar-refractivity contribution in [1.82, 2.24) is 20.0 Å². The van der Waals surface area contributed by atoms with E-state index in [1.54, 1.807) is 55.4 Å². The molecule has 2 N–H and O–H groups in total. The number of nitrogens with one attached hydrogen (secondary N) is 2. The monoisotopic (exact) mass is 677 g/mol. The Bertz CT molecular complexity index is 2050. The first-order valence-electron chi connectivity index (χ1n) is 15.5. The quantitative estimate of drug-likeness (QED) is 0.180. The molecule has 0 spiro atoms. The maximum Gasteiger partial charge on any atom is 0.322 e. The van der Waals surface area contributed by atoms with E-state index in [-0.39, 0.29) is 17.3 Å². The molecule has 7 rings (SSSR count). The molecule has 2 aliphatic rings. The summed E-state index contributed by atoms with van der Waals surface area (Å²) >= 11 is 7.00. The fourth-order valence-electron chi connectivity index (χ4n) is 5.95. The van der Waals surface area contributed by atoms with E-state index in [1.165, 1.54) is 4.90 Å². The third-order valence-electron chi connectivity index (χ3n) is 8.29. The minimum atomic E-state index is -0.973. The van der Waals surface area contributed by atoms with Gasteiger partial charge in [-0.15, -0.1) is 0 Å². The Hall–Kier alpha value is -5.94. The number of carbonyl (C=O) groups excluding carboxylic acids is 2. The fraction of sp³-hybridized carbons (Fsp3) is 0.162. The van der Waals surface area contributed by atoms with Crippen LogP contribution in [0, 0.1) is 0 Å². The van der Waals surface area contributed by atoms with Gasteiger partial charge in [-0.05, 0) is 42.0 Å². The number of methoxy groups -OCH3 is 2. The molecule has 0 aliphatic carbocycles. The Balaban J connectivity index is 1.39. The predicted molar refractivity (Wildman–Crippen MR) is 184 cm³/mol. The van der Waals surface area contributed by atoms with E-state index in [2.05, 4.69) is 15.7 Å².